The fraction of sp³-hybridized carbons (Fsp3) is 0.520. The normalized spacial score (nSPS) is 15.9. The second kappa shape index (κ2) is 11.2. The Morgan fingerprint density at radius 1 is 1.06 bits per heavy atom. The van der Waals surface area contributed by atoms with Crippen LogP contribution in [0.4, 0.5) is 5.82 Å². The summed E-state index contributed by atoms with van der Waals surface area (Å²) in [6, 6.07) is 3.77. The first-order chi connectivity index (χ1) is 17.0. The van der Waals surface area contributed by atoms with E-state index >= 15 is 0 Å². The van der Waals surface area contributed by atoms with Gasteiger partial charge in [0, 0.05) is 49.6 Å². The van der Waals surface area contributed by atoms with Crippen molar-refractivity contribution >= 4 is 23.7 Å². The third-order valence-corrected chi connectivity index (χ3v) is 6.33. The molecule has 2 aliphatic rings. The molecule has 1 fully saturated rings. The van der Waals surface area contributed by atoms with Crippen molar-refractivity contribution in [2.45, 2.75) is 46.1 Å². The minimum atomic E-state index is -0.521. The number of ether oxygens (including phenoxy) is 2. The highest BCUT2D eigenvalue weighted by molar-refractivity contribution is 5.94. The summed E-state index contributed by atoms with van der Waals surface area (Å²) in [7, 11) is 0. The van der Waals surface area contributed by atoms with Crippen LogP contribution in [0.1, 0.15) is 44.4 Å². The number of carbonyl (C=O) groups excluding carboxylic acids is 3. The van der Waals surface area contributed by atoms with Crippen LogP contribution in [0.3, 0.4) is 0 Å². The number of fused-ring (bicyclic) bond motifs is 1. The van der Waals surface area contributed by atoms with Gasteiger partial charge in [-0.1, -0.05) is 0 Å². The molecule has 0 saturated carbocycles. The summed E-state index contributed by atoms with van der Waals surface area (Å²) in [6.07, 6.45) is 5.06. The van der Waals surface area contributed by atoms with Gasteiger partial charge in [-0.25, -0.2) is 9.97 Å². The molecule has 186 valence electrons. The van der Waals surface area contributed by atoms with Crippen molar-refractivity contribution in [1.29, 1.82) is 0 Å². The van der Waals surface area contributed by atoms with Crippen molar-refractivity contribution < 1.29 is 23.9 Å². The molecule has 4 heterocycles. The van der Waals surface area contributed by atoms with Gasteiger partial charge in [0.2, 0.25) is 5.91 Å². The number of rotatable bonds is 7. The van der Waals surface area contributed by atoms with E-state index in [2.05, 4.69) is 9.88 Å². The van der Waals surface area contributed by atoms with Crippen molar-refractivity contribution in [3.8, 4) is 11.4 Å². The second-order valence-electron chi connectivity index (χ2n) is 8.60. The topological polar surface area (TPSA) is 115 Å². The molecule has 2 aromatic heterocycles. The van der Waals surface area contributed by atoms with Crippen molar-refractivity contribution in [1.82, 2.24) is 19.9 Å². The van der Waals surface area contributed by atoms with Gasteiger partial charge in [0.15, 0.2) is 5.82 Å². The van der Waals surface area contributed by atoms with Crippen LogP contribution in [-0.2, 0) is 36.8 Å². The van der Waals surface area contributed by atoms with E-state index in [0.29, 0.717) is 57.9 Å². The molecule has 4 rings (SSSR count). The first kappa shape index (κ1) is 24.6. The highest BCUT2D eigenvalue weighted by Gasteiger charge is 2.32. The summed E-state index contributed by atoms with van der Waals surface area (Å²) in [5, 5.41) is 0. The van der Waals surface area contributed by atoms with E-state index in [1.807, 2.05) is 19.1 Å². The van der Waals surface area contributed by atoms with Gasteiger partial charge in [0.25, 0.3) is 0 Å². The molecule has 35 heavy (non-hydrogen) atoms. The van der Waals surface area contributed by atoms with Gasteiger partial charge in [-0.2, -0.15) is 0 Å². The molecule has 2 aliphatic heterocycles. The van der Waals surface area contributed by atoms with Crippen LogP contribution in [0.15, 0.2) is 24.5 Å². The molecule has 10 heteroatoms. The fourth-order valence-corrected chi connectivity index (χ4v) is 4.53. The number of pyridine rings is 1. The van der Waals surface area contributed by atoms with Crippen LogP contribution in [0.25, 0.3) is 11.4 Å². The molecule has 0 atom stereocenters. The summed E-state index contributed by atoms with van der Waals surface area (Å²) in [5.41, 5.74) is 2.59. The first-order valence-electron chi connectivity index (χ1n) is 12.1. The van der Waals surface area contributed by atoms with E-state index < -0.39 is 5.97 Å². The molecule has 0 aromatic carbocycles. The zero-order valence-electron chi connectivity index (χ0n) is 20.2. The van der Waals surface area contributed by atoms with E-state index in [-0.39, 0.29) is 30.8 Å². The van der Waals surface area contributed by atoms with Crippen LogP contribution >= 0.6 is 0 Å². The molecule has 0 bridgehead atoms. The molecule has 0 unspecified atom stereocenters. The number of nitrogens with zero attached hydrogens (tertiary/aromatic N) is 5. The predicted molar refractivity (Wildman–Crippen MR) is 127 cm³/mol. The predicted octanol–water partition coefficient (Wildman–Crippen LogP) is 2.16. The van der Waals surface area contributed by atoms with Crippen molar-refractivity contribution in [3.05, 3.63) is 35.8 Å². The van der Waals surface area contributed by atoms with Crippen LogP contribution in [0.2, 0.25) is 0 Å². The largest absolute Gasteiger partial charge is 0.466 e. The number of esters is 2. The summed E-state index contributed by atoms with van der Waals surface area (Å²) < 4.78 is 10.1. The lowest BCUT2D eigenvalue weighted by Crippen LogP contribution is -2.41. The first-order valence-corrected chi connectivity index (χ1v) is 12.1. The Balaban J connectivity index is 1.60. The Morgan fingerprint density at radius 3 is 2.51 bits per heavy atom. The minimum Gasteiger partial charge on any atom is -0.466 e. The van der Waals surface area contributed by atoms with E-state index in [4.69, 9.17) is 19.4 Å². The van der Waals surface area contributed by atoms with E-state index in [1.165, 1.54) is 0 Å². The number of hydrogen-bond acceptors (Lipinski definition) is 9. The number of carbonyl (C=O) groups is 3. The van der Waals surface area contributed by atoms with E-state index in [0.717, 1.165) is 22.6 Å². The molecule has 1 saturated heterocycles. The SMILES string of the molecule is CCOC(=O)CC(=O)N1CCc2nc(-c3cccnc3)nc(N3CCC(C(=O)OCC)CC3)c2C1. The van der Waals surface area contributed by atoms with Gasteiger partial charge in [0.05, 0.1) is 31.4 Å². The molecular formula is C25H31N5O5. The lowest BCUT2D eigenvalue weighted by molar-refractivity contribution is -0.150. The Hall–Kier alpha value is -3.56. The highest BCUT2D eigenvalue weighted by atomic mass is 16.5. The Bertz CT molecular complexity index is 1070. The van der Waals surface area contributed by atoms with E-state index in [1.54, 1.807) is 24.2 Å². The van der Waals surface area contributed by atoms with Gasteiger partial charge in [-0.3, -0.25) is 19.4 Å². The molecule has 10 nitrogen and oxygen atoms in total. The summed E-state index contributed by atoms with van der Waals surface area (Å²) in [4.78, 5) is 54.6. The molecule has 0 spiro atoms. The maximum absolute atomic E-state index is 12.8. The number of amides is 1. The highest BCUT2D eigenvalue weighted by Crippen LogP contribution is 2.32. The van der Waals surface area contributed by atoms with Crippen molar-refractivity contribution in [2.75, 3.05) is 37.7 Å². The molecule has 0 N–H and O–H groups in total. The Morgan fingerprint density at radius 2 is 1.83 bits per heavy atom. The molecule has 0 aliphatic carbocycles. The molecule has 1 amide bonds. The van der Waals surface area contributed by atoms with Crippen molar-refractivity contribution in [3.63, 3.8) is 0 Å². The van der Waals surface area contributed by atoms with Gasteiger partial charge in [-0.05, 0) is 38.8 Å². The number of piperidine rings is 1. The molecule has 0 radical (unpaired) electrons. The summed E-state index contributed by atoms with van der Waals surface area (Å²) >= 11 is 0. The smallest absolute Gasteiger partial charge is 0.315 e. The molecular weight excluding hydrogens is 450 g/mol. The monoisotopic (exact) mass is 481 g/mol. The van der Waals surface area contributed by atoms with Crippen molar-refractivity contribution in [2.24, 2.45) is 5.92 Å². The number of anilines is 1. The lowest BCUT2D eigenvalue weighted by atomic mass is 9.96. The maximum Gasteiger partial charge on any atom is 0.315 e. The second-order valence-corrected chi connectivity index (χ2v) is 8.60. The Labute approximate surface area is 204 Å². The zero-order valence-corrected chi connectivity index (χ0v) is 20.2. The number of aromatic nitrogens is 3. The zero-order chi connectivity index (χ0) is 24.8. The van der Waals surface area contributed by atoms with Gasteiger partial charge in [0.1, 0.15) is 12.2 Å². The summed E-state index contributed by atoms with van der Waals surface area (Å²) in [6.45, 7) is 6.25. The average molecular weight is 482 g/mol. The number of hydrogen-bond donors (Lipinski definition) is 0. The van der Waals surface area contributed by atoms with Gasteiger partial charge in [-0.15, -0.1) is 0 Å². The van der Waals surface area contributed by atoms with E-state index in [9.17, 15) is 14.4 Å². The lowest BCUT2D eigenvalue weighted by Gasteiger charge is -2.36. The van der Waals surface area contributed by atoms with Gasteiger partial charge < -0.3 is 19.3 Å². The van der Waals surface area contributed by atoms with Gasteiger partial charge >= 0.3 is 11.9 Å². The molecule has 2 aromatic rings. The third kappa shape index (κ3) is 5.75. The minimum absolute atomic E-state index is 0.121. The van der Waals surface area contributed by atoms with Crippen LogP contribution in [0, 0.1) is 5.92 Å². The third-order valence-electron chi connectivity index (χ3n) is 6.33. The fourth-order valence-electron chi connectivity index (χ4n) is 4.53. The Kier molecular flexibility index (Phi) is 7.89. The van der Waals surface area contributed by atoms with Crippen LogP contribution < -0.4 is 4.90 Å². The quantitative estimate of drug-likeness (QED) is 0.433. The standard InChI is InChI=1S/C25H31N5O5/c1-3-34-22(32)14-21(31)30-13-9-20-19(16-30)24(28-23(27-20)18-6-5-10-26-15-18)29-11-7-17(8-12-29)25(33)35-4-2/h5-6,10,15,17H,3-4,7-9,11-14,16H2,1-2H3. The van der Waals surface area contributed by atoms with Crippen LogP contribution in [0.5, 0.6) is 0 Å². The summed E-state index contributed by atoms with van der Waals surface area (Å²) in [5.74, 6) is 0.300. The average Bonchev–Trinajstić information content (AvgIpc) is 2.88. The maximum atomic E-state index is 12.8. The van der Waals surface area contributed by atoms with Crippen LogP contribution in [-0.4, -0.2) is 70.5 Å².